The largest absolute Gasteiger partial charge is 0.397 e. The molecule has 0 saturated heterocycles. The van der Waals surface area contributed by atoms with Crippen molar-refractivity contribution in [2.45, 2.75) is 104 Å². The van der Waals surface area contributed by atoms with Gasteiger partial charge in [0.2, 0.25) is 0 Å². The second kappa shape index (κ2) is 11.0. The molecule has 3 N–H and O–H groups in total. The van der Waals surface area contributed by atoms with E-state index in [1.165, 1.54) is 5.57 Å². The van der Waals surface area contributed by atoms with Gasteiger partial charge in [0.25, 0.3) is 0 Å². The number of aliphatic hydroxyl groups excluding tert-OH is 1. The lowest BCUT2D eigenvalue weighted by molar-refractivity contribution is -0.157. The fraction of sp³-hybridized carbons (Fsp3) is 0.926. The molecular formula is C27H46O9S2. The van der Waals surface area contributed by atoms with Gasteiger partial charge in [-0.1, -0.05) is 25.5 Å². The molecule has 0 aromatic carbocycles. The molecule has 4 saturated carbocycles. The van der Waals surface area contributed by atoms with Crippen LogP contribution in [0.4, 0.5) is 0 Å². The van der Waals surface area contributed by atoms with Gasteiger partial charge in [-0.05, 0) is 124 Å². The first kappa shape index (κ1) is 30.4. The molecule has 4 rings (SSSR count). The number of hydrogen-bond donors (Lipinski definition) is 3. The van der Waals surface area contributed by atoms with Crippen LogP contribution in [0.25, 0.3) is 0 Å². The maximum absolute atomic E-state index is 11.4. The van der Waals surface area contributed by atoms with Crippen LogP contribution in [-0.4, -0.2) is 49.9 Å². The molecule has 0 unspecified atom stereocenters. The summed E-state index contributed by atoms with van der Waals surface area (Å²) >= 11 is 0. The molecule has 4 aliphatic carbocycles. The predicted octanol–water partition coefficient (Wildman–Crippen LogP) is 4.99. The van der Waals surface area contributed by atoms with Gasteiger partial charge in [-0.25, -0.2) is 8.37 Å². The zero-order chi connectivity index (χ0) is 28.1. The molecule has 0 heterocycles. The Labute approximate surface area is 228 Å². The Balaban J connectivity index is 1.52. The van der Waals surface area contributed by atoms with E-state index in [4.69, 9.17) is 8.37 Å². The number of allylic oxidation sites excluding steroid dienone is 2. The van der Waals surface area contributed by atoms with Crippen LogP contribution in [0, 0.1) is 46.3 Å². The molecule has 0 spiro atoms. The summed E-state index contributed by atoms with van der Waals surface area (Å²) in [6, 6.07) is 0. The SMILES string of the molecule is CC(C)=CCC[C@@H](COS(=O)(=O)O)[C@H]1CC[C@H]2[C@@H]3CC[C@H]4C[C@H](OS(=O)(=O)O)[C@@H](O)C[C@]4(C)[C@H]3CC[C@]12C. The van der Waals surface area contributed by atoms with Gasteiger partial charge in [0.05, 0.1) is 12.7 Å². The van der Waals surface area contributed by atoms with E-state index in [1.807, 2.05) is 13.8 Å². The summed E-state index contributed by atoms with van der Waals surface area (Å²) in [5.74, 6) is 1.95. The lowest BCUT2D eigenvalue weighted by atomic mass is 9.44. The highest BCUT2D eigenvalue weighted by molar-refractivity contribution is 7.81. The first-order valence-corrected chi connectivity index (χ1v) is 16.9. The lowest BCUT2D eigenvalue weighted by Crippen LogP contribution is -2.57. The van der Waals surface area contributed by atoms with Crippen molar-refractivity contribution in [3.05, 3.63) is 11.6 Å². The molecule has 0 radical (unpaired) electrons. The zero-order valence-electron chi connectivity index (χ0n) is 23.1. The zero-order valence-corrected chi connectivity index (χ0v) is 24.7. The molecule has 220 valence electrons. The van der Waals surface area contributed by atoms with Gasteiger partial charge in [0.15, 0.2) is 0 Å². The third-order valence-electron chi connectivity index (χ3n) is 11.1. The maximum atomic E-state index is 11.4. The van der Waals surface area contributed by atoms with E-state index in [9.17, 15) is 31.0 Å². The van der Waals surface area contributed by atoms with Gasteiger partial charge in [0, 0.05) is 0 Å². The minimum atomic E-state index is -4.62. The standard InChI is InChI=1S/C27H46O9S2/c1-17(2)6-5-7-18(16-35-37(29,30)31)21-10-11-22-20-9-8-19-14-25(36-38(32,33)34)24(28)15-27(19,4)23(20)12-13-26(21,22)3/h6,18-25,28H,5,7-16H2,1-4H3,(H,29,30,31)(H,32,33,34)/t18-,19-,20-,21+,22-,23-,24-,25-,26+,27-/m0/s1. The molecule has 9 nitrogen and oxygen atoms in total. The number of hydrogen-bond acceptors (Lipinski definition) is 7. The first-order valence-electron chi connectivity index (χ1n) is 14.1. The lowest BCUT2D eigenvalue weighted by Gasteiger charge is -2.62. The van der Waals surface area contributed by atoms with Crippen molar-refractivity contribution in [1.82, 2.24) is 0 Å². The third kappa shape index (κ3) is 6.34. The maximum Gasteiger partial charge on any atom is 0.397 e. The Morgan fingerprint density at radius 3 is 2.29 bits per heavy atom. The van der Waals surface area contributed by atoms with Crippen LogP contribution in [0.1, 0.15) is 91.9 Å². The number of fused-ring (bicyclic) bond motifs is 5. The molecule has 0 aromatic heterocycles. The van der Waals surface area contributed by atoms with Crippen molar-refractivity contribution >= 4 is 20.8 Å². The Morgan fingerprint density at radius 2 is 1.66 bits per heavy atom. The van der Waals surface area contributed by atoms with Crippen molar-refractivity contribution in [2.75, 3.05) is 6.61 Å². The van der Waals surface area contributed by atoms with E-state index in [-0.39, 0.29) is 29.3 Å². The van der Waals surface area contributed by atoms with Crippen LogP contribution >= 0.6 is 0 Å². The summed E-state index contributed by atoms with van der Waals surface area (Å²) < 4.78 is 73.7. The van der Waals surface area contributed by atoms with Crippen LogP contribution < -0.4 is 0 Å². The monoisotopic (exact) mass is 578 g/mol. The Hall–Kier alpha value is -0.560. The predicted molar refractivity (Wildman–Crippen MR) is 143 cm³/mol. The number of rotatable bonds is 9. The van der Waals surface area contributed by atoms with E-state index in [2.05, 4.69) is 19.9 Å². The van der Waals surface area contributed by atoms with Crippen LogP contribution in [0.2, 0.25) is 0 Å². The second-order valence-corrected chi connectivity index (χ2v) is 15.4. The van der Waals surface area contributed by atoms with Crippen LogP contribution in [-0.2, 0) is 29.2 Å². The van der Waals surface area contributed by atoms with E-state index in [0.717, 1.165) is 51.4 Å². The van der Waals surface area contributed by atoms with Crippen molar-refractivity contribution in [3.8, 4) is 0 Å². The van der Waals surface area contributed by atoms with Gasteiger partial charge < -0.3 is 5.11 Å². The Kier molecular flexibility index (Phi) is 8.82. The van der Waals surface area contributed by atoms with Crippen LogP contribution in [0.5, 0.6) is 0 Å². The summed E-state index contributed by atoms with van der Waals surface area (Å²) in [6.45, 7) is 8.71. The molecule has 0 amide bonds. The van der Waals surface area contributed by atoms with Gasteiger partial charge >= 0.3 is 20.8 Å². The van der Waals surface area contributed by atoms with E-state index < -0.39 is 33.0 Å². The summed E-state index contributed by atoms with van der Waals surface area (Å²) in [7, 11) is -9.13. The van der Waals surface area contributed by atoms with Crippen LogP contribution in [0.15, 0.2) is 11.6 Å². The fourth-order valence-electron chi connectivity index (χ4n) is 9.49. The van der Waals surface area contributed by atoms with Gasteiger partial charge in [-0.2, -0.15) is 16.8 Å². The smallest absolute Gasteiger partial charge is 0.390 e. The highest BCUT2D eigenvalue weighted by Crippen LogP contribution is 2.68. The fourth-order valence-corrected chi connectivity index (χ4v) is 10.4. The summed E-state index contributed by atoms with van der Waals surface area (Å²) in [6.07, 6.45) is 8.92. The van der Waals surface area contributed by atoms with Crippen molar-refractivity contribution < 1.29 is 39.4 Å². The summed E-state index contributed by atoms with van der Waals surface area (Å²) in [5, 5.41) is 10.8. The molecular weight excluding hydrogens is 532 g/mol. The van der Waals surface area contributed by atoms with Gasteiger partial charge in [-0.3, -0.25) is 9.11 Å². The quantitative estimate of drug-likeness (QED) is 0.254. The van der Waals surface area contributed by atoms with Crippen molar-refractivity contribution in [3.63, 3.8) is 0 Å². The van der Waals surface area contributed by atoms with Gasteiger partial charge in [-0.15, -0.1) is 0 Å². The minimum absolute atomic E-state index is 0.00234. The van der Waals surface area contributed by atoms with Gasteiger partial charge in [0.1, 0.15) is 6.10 Å². The average Bonchev–Trinajstić information content (AvgIpc) is 3.12. The average molecular weight is 579 g/mol. The Morgan fingerprint density at radius 1 is 0.974 bits per heavy atom. The topological polar surface area (TPSA) is 147 Å². The highest BCUT2D eigenvalue weighted by Gasteiger charge is 2.62. The van der Waals surface area contributed by atoms with E-state index in [1.54, 1.807) is 0 Å². The third-order valence-corrected chi connectivity index (χ3v) is 12.0. The molecule has 0 aliphatic heterocycles. The molecule has 0 aromatic rings. The summed E-state index contributed by atoms with van der Waals surface area (Å²) in [5.41, 5.74) is 1.14. The second-order valence-electron chi connectivity index (χ2n) is 13.3. The Bertz CT molecular complexity index is 1100. The first-order chi connectivity index (χ1) is 17.5. The number of aliphatic hydroxyl groups is 1. The molecule has 11 heteroatoms. The highest BCUT2D eigenvalue weighted by atomic mass is 32.3. The molecule has 38 heavy (non-hydrogen) atoms. The van der Waals surface area contributed by atoms with E-state index >= 15 is 0 Å². The molecule has 4 aliphatic rings. The van der Waals surface area contributed by atoms with E-state index in [0.29, 0.717) is 36.5 Å². The molecule has 0 bridgehead atoms. The molecule has 10 atom stereocenters. The molecule has 4 fully saturated rings. The van der Waals surface area contributed by atoms with Crippen molar-refractivity contribution in [2.24, 2.45) is 46.3 Å². The van der Waals surface area contributed by atoms with Crippen LogP contribution in [0.3, 0.4) is 0 Å². The normalized spacial score (nSPS) is 42.0. The summed E-state index contributed by atoms with van der Waals surface area (Å²) in [4.78, 5) is 0. The minimum Gasteiger partial charge on any atom is -0.390 e. The van der Waals surface area contributed by atoms with Crippen molar-refractivity contribution in [1.29, 1.82) is 0 Å².